The first-order valence-electron chi connectivity index (χ1n) is 8.26. The standard InChI is InChI=1S/C19H21N3O3/c1-12-5-4-6-15-18(12)20-11-22(19(15)24)10-9-17(23)21-14(3)16-8-7-13(2)25-16/h4-8,11,14H,9-10H2,1-3H3,(H,21,23). The summed E-state index contributed by atoms with van der Waals surface area (Å²) in [7, 11) is 0. The van der Waals surface area contributed by atoms with Gasteiger partial charge in [-0.1, -0.05) is 12.1 Å². The number of benzene rings is 1. The number of hydrogen-bond donors (Lipinski definition) is 1. The molecule has 0 fully saturated rings. The van der Waals surface area contributed by atoms with Crippen LogP contribution in [0.3, 0.4) is 0 Å². The molecule has 0 aliphatic carbocycles. The van der Waals surface area contributed by atoms with Crippen LogP contribution in [0.4, 0.5) is 0 Å². The van der Waals surface area contributed by atoms with Gasteiger partial charge in [0.1, 0.15) is 11.5 Å². The summed E-state index contributed by atoms with van der Waals surface area (Å²) in [6.45, 7) is 5.93. The van der Waals surface area contributed by atoms with Crippen LogP contribution < -0.4 is 10.9 Å². The number of hydrogen-bond acceptors (Lipinski definition) is 4. The zero-order valence-electron chi connectivity index (χ0n) is 14.6. The minimum absolute atomic E-state index is 0.129. The molecule has 2 aromatic heterocycles. The van der Waals surface area contributed by atoms with Crippen LogP contribution in [0.25, 0.3) is 10.9 Å². The Bertz CT molecular complexity index is 971. The van der Waals surface area contributed by atoms with Gasteiger partial charge in [-0.15, -0.1) is 0 Å². The van der Waals surface area contributed by atoms with Crippen LogP contribution in [0.1, 0.15) is 36.5 Å². The van der Waals surface area contributed by atoms with Gasteiger partial charge in [0, 0.05) is 13.0 Å². The molecular formula is C19H21N3O3. The van der Waals surface area contributed by atoms with Gasteiger partial charge < -0.3 is 9.73 Å². The molecule has 0 aliphatic heterocycles. The minimum Gasteiger partial charge on any atom is -0.464 e. The van der Waals surface area contributed by atoms with Crippen LogP contribution in [-0.4, -0.2) is 15.5 Å². The zero-order chi connectivity index (χ0) is 18.0. The van der Waals surface area contributed by atoms with Crippen molar-refractivity contribution in [3.8, 4) is 0 Å². The van der Waals surface area contributed by atoms with E-state index in [-0.39, 0.29) is 30.5 Å². The van der Waals surface area contributed by atoms with Crippen molar-refractivity contribution >= 4 is 16.8 Å². The van der Waals surface area contributed by atoms with Gasteiger partial charge in [-0.2, -0.15) is 0 Å². The summed E-state index contributed by atoms with van der Waals surface area (Å²) in [5.74, 6) is 1.38. The summed E-state index contributed by atoms with van der Waals surface area (Å²) in [5.41, 5.74) is 1.54. The van der Waals surface area contributed by atoms with Crippen LogP contribution in [0.2, 0.25) is 0 Å². The van der Waals surface area contributed by atoms with Crippen molar-refractivity contribution in [1.82, 2.24) is 14.9 Å². The molecule has 1 N–H and O–H groups in total. The van der Waals surface area contributed by atoms with Crippen molar-refractivity contribution in [3.63, 3.8) is 0 Å². The molecular weight excluding hydrogens is 318 g/mol. The minimum atomic E-state index is -0.213. The topological polar surface area (TPSA) is 77.1 Å². The van der Waals surface area contributed by atoms with Crippen LogP contribution in [0, 0.1) is 13.8 Å². The lowest BCUT2D eigenvalue weighted by Crippen LogP contribution is -2.29. The van der Waals surface area contributed by atoms with E-state index >= 15 is 0 Å². The summed E-state index contributed by atoms with van der Waals surface area (Å²) in [6.07, 6.45) is 1.70. The first kappa shape index (κ1) is 17.0. The molecule has 25 heavy (non-hydrogen) atoms. The fraction of sp³-hybridized carbons (Fsp3) is 0.316. The summed E-state index contributed by atoms with van der Waals surface area (Å²) in [6, 6.07) is 9.01. The molecule has 1 unspecified atom stereocenters. The Morgan fingerprint density at radius 3 is 2.80 bits per heavy atom. The Balaban J connectivity index is 1.67. The van der Waals surface area contributed by atoms with Gasteiger partial charge >= 0.3 is 0 Å². The van der Waals surface area contributed by atoms with Gasteiger partial charge in [0.2, 0.25) is 5.91 Å². The second-order valence-electron chi connectivity index (χ2n) is 6.20. The van der Waals surface area contributed by atoms with E-state index in [2.05, 4.69) is 10.3 Å². The molecule has 0 saturated carbocycles. The third-order valence-corrected chi connectivity index (χ3v) is 4.20. The van der Waals surface area contributed by atoms with E-state index in [1.165, 1.54) is 10.9 Å². The van der Waals surface area contributed by atoms with E-state index in [0.29, 0.717) is 16.7 Å². The van der Waals surface area contributed by atoms with Crippen molar-refractivity contribution in [2.24, 2.45) is 0 Å². The van der Waals surface area contributed by atoms with Crippen LogP contribution >= 0.6 is 0 Å². The monoisotopic (exact) mass is 339 g/mol. The molecule has 0 spiro atoms. The molecule has 1 amide bonds. The zero-order valence-corrected chi connectivity index (χ0v) is 14.6. The summed E-state index contributed by atoms with van der Waals surface area (Å²) in [5, 5.41) is 3.45. The lowest BCUT2D eigenvalue weighted by Gasteiger charge is -2.12. The van der Waals surface area contributed by atoms with E-state index < -0.39 is 0 Å². The molecule has 3 rings (SSSR count). The van der Waals surface area contributed by atoms with Crippen LogP contribution in [0.5, 0.6) is 0 Å². The number of furan rings is 1. The van der Waals surface area contributed by atoms with Gasteiger partial charge in [0.05, 0.1) is 23.3 Å². The smallest absolute Gasteiger partial charge is 0.261 e. The predicted octanol–water partition coefficient (Wildman–Crippen LogP) is 2.87. The number of amides is 1. The third kappa shape index (κ3) is 3.63. The molecule has 1 atom stereocenters. The quantitative estimate of drug-likeness (QED) is 0.775. The van der Waals surface area contributed by atoms with E-state index in [1.807, 2.05) is 45.0 Å². The van der Waals surface area contributed by atoms with Crippen molar-refractivity contribution in [2.75, 3.05) is 0 Å². The SMILES string of the molecule is Cc1ccc(C(C)NC(=O)CCn2cnc3c(C)cccc3c2=O)o1. The van der Waals surface area contributed by atoms with E-state index in [1.54, 1.807) is 6.07 Å². The Morgan fingerprint density at radius 2 is 2.08 bits per heavy atom. The Labute approximate surface area is 145 Å². The van der Waals surface area contributed by atoms with E-state index in [0.717, 1.165) is 11.3 Å². The number of carbonyl (C=O) groups excluding carboxylic acids is 1. The second kappa shape index (κ2) is 6.93. The molecule has 0 saturated heterocycles. The van der Waals surface area contributed by atoms with Crippen molar-refractivity contribution in [3.05, 3.63) is 64.1 Å². The lowest BCUT2D eigenvalue weighted by molar-refractivity contribution is -0.122. The van der Waals surface area contributed by atoms with Crippen LogP contribution in [0.15, 0.2) is 45.9 Å². The number of carbonyl (C=O) groups is 1. The number of aryl methyl sites for hydroxylation is 3. The number of nitrogens with one attached hydrogen (secondary N) is 1. The average molecular weight is 339 g/mol. The maximum Gasteiger partial charge on any atom is 0.261 e. The molecule has 0 bridgehead atoms. The fourth-order valence-corrected chi connectivity index (χ4v) is 2.79. The number of para-hydroxylation sites is 1. The Morgan fingerprint density at radius 1 is 1.28 bits per heavy atom. The van der Waals surface area contributed by atoms with Crippen molar-refractivity contribution in [2.45, 2.75) is 39.8 Å². The van der Waals surface area contributed by atoms with Gasteiger partial charge in [0.15, 0.2) is 0 Å². The highest BCUT2D eigenvalue weighted by molar-refractivity contribution is 5.80. The predicted molar refractivity (Wildman–Crippen MR) is 95.4 cm³/mol. The summed E-state index contributed by atoms with van der Waals surface area (Å²) < 4.78 is 6.98. The fourth-order valence-electron chi connectivity index (χ4n) is 2.79. The third-order valence-electron chi connectivity index (χ3n) is 4.20. The summed E-state index contributed by atoms with van der Waals surface area (Å²) >= 11 is 0. The molecule has 3 aromatic rings. The van der Waals surface area contributed by atoms with Crippen molar-refractivity contribution < 1.29 is 9.21 Å². The van der Waals surface area contributed by atoms with Gasteiger partial charge in [-0.3, -0.25) is 14.2 Å². The normalized spacial score (nSPS) is 12.3. The maximum absolute atomic E-state index is 12.5. The average Bonchev–Trinajstić information content (AvgIpc) is 3.01. The number of nitrogens with zero attached hydrogens (tertiary/aromatic N) is 2. The summed E-state index contributed by atoms with van der Waals surface area (Å²) in [4.78, 5) is 29.0. The molecule has 130 valence electrons. The van der Waals surface area contributed by atoms with Crippen LogP contribution in [-0.2, 0) is 11.3 Å². The number of aromatic nitrogens is 2. The first-order chi connectivity index (χ1) is 12.0. The lowest BCUT2D eigenvalue weighted by atomic mass is 10.1. The molecule has 2 heterocycles. The largest absolute Gasteiger partial charge is 0.464 e. The van der Waals surface area contributed by atoms with Gasteiger partial charge in [-0.25, -0.2) is 4.98 Å². The molecule has 1 aromatic carbocycles. The van der Waals surface area contributed by atoms with E-state index in [9.17, 15) is 9.59 Å². The second-order valence-corrected chi connectivity index (χ2v) is 6.20. The highest BCUT2D eigenvalue weighted by Crippen LogP contribution is 2.15. The molecule has 0 radical (unpaired) electrons. The first-order valence-corrected chi connectivity index (χ1v) is 8.26. The highest BCUT2D eigenvalue weighted by atomic mass is 16.3. The van der Waals surface area contributed by atoms with Gasteiger partial charge in [-0.05, 0) is 44.5 Å². The highest BCUT2D eigenvalue weighted by Gasteiger charge is 2.13. The van der Waals surface area contributed by atoms with E-state index in [4.69, 9.17) is 4.42 Å². The molecule has 0 aliphatic rings. The van der Waals surface area contributed by atoms with Crippen molar-refractivity contribution in [1.29, 1.82) is 0 Å². The van der Waals surface area contributed by atoms with Gasteiger partial charge in [0.25, 0.3) is 5.56 Å². The Kier molecular flexibility index (Phi) is 4.70. The number of rotatable bonds is 5. The molecule has 6 heteroatoms. The Hall–Kier alpha value is -2.89. The maximum atomic E-state index is 12.5. The molecule has 6 nitrogen and oxygen atoms in total. The number of fused-ring (bicyclic) bond motifs is 1.